The fourth-order valence-electron chi connectivity index (χ4n) is 6.65. The van der Waals surface area contributed by atoms with Gasteiger partial charge in [-0.3, -0.25) is 0 Å². The molecule has 8 aromatic carbocycles. The average Bonchev–Trinajstić information content (AvgIpc) is 3.20. The van der Waals surface area contributed by atoms with E-state index in [1.807, 2.05) is 0 Å². The Morgan fingerprint density at radius 3 is 0.633 bits per heavy atom. The maximum atomic E-state index is 2.40. The molecule has 232 valence electrons. The van der Waals surface area contributed by atoms with Crippen LogP contribution in [0.5, 0.6) is 0 Å². The highest BCUT2D eigenvalue weighted by Gasteiger charge is 2.21. The predicted molar refractivity (Wildman–Crippen MR) is 213 cm³/mol. The predicted octanol–water partition coefficient (Wildman–Crippen LogP) is 12.3. The molecular weight excluding hydrogens is 608 g/mol. The fourth-order valence-corrected chi connectivity index (χ4v) is 8.31. The fraction of sp³-hybridized carbons (Fsp3) is 0. The molecule has 0 aromatic heterocycles. The van der Waals surface area contributed by atoms with Gasteiger partial charge in [-0.1, -0.05) is 191 Å². The Morgan fingerprint density at radius 2 is 0.408 bits per heavy atom. The zero-order valence-electron chi connectivity index (χ0n) is 27.1. The second-order valence-corrected chi connectivity index (χ2v) is 13.5. The molecular formula is C48H35P. The highest BCUT2D eigenvalue weighted by molar-refractivity contribution is 7.57. The van der Waals surface area contributed by atoms with Gasteiger partial charge in [0.15, 0.2) is 0 Å². The third-order valence-electron chi connectivity index (χ3n) is 9.08. The van der Waals surface area contributed by atoms with Crippen LogP contribution in [0.15, 0.2) is 206 Å². The molecule has 0 saturated heterocycles. The Morgan fingerprint density at radius 1 is 0.204 bits per heavy atom. The molecule has 49 heavy (non-hydrogen) atoms. The largest absolute Gasteiger partial charge is 0.0622 e. The summed E-state index contributed by atoms with van der Waals surface area (Å²) in [5, 5.41) is 2.69. The van der Waals surface area contributed by atoms with Gasteiger partial charge in [0.1, 0.15) is 0 Å². The topological polar surface area (TPSA) is 0 Å². The van der Waals surface area contributed by atoms with E-state index in [4.69, 9.17) is 0 Å². The van der Waals surface area contributed by atoms with Crippen LogP contribution in [-0.4, -0.2) is 0 Å². The third kappa shape index (κ3) is 6.53. The van der Waals surface area contributed by atoms with Gasteiger partial charge in [-0.25, -0.2) is 0 Å². The van der Waals surface area contributed by atoms with Gasteiger partial charge in [-0.2, -0.15) is 0 Å². The Labute approximate surface area is 291 Å². The minimum atomic E-state index is 0.382. The van der Waals surface area contributed by atoms with Crippen molar-refractivity contribution < 1.29 is 0 Å². The highest BCUT2D eigenvalue weighted by atomic mass is 31.1. The Kier molecular flexibility index (Phi) is 8.80. The van der Waals surface area contributed by atoms with E-state index in [0.29, 0.717) is 8.58 Å². The van der Waals surface area contributed by atoms with Crippen molar-refractivity contribution in [1.82, 2.24) is 0 Å². The standard InChI is InChI=1S/C48H35P/c1-7-19-35(20-8-1)41-31-43(37-23-11-3-12-24-37)47(44(32-41)38-25-13-4-14-26-38)49-48-45(39-27-15-5-16-28-39)33-42(36-21-9-2-10-22-36)34-46(48)40-29-17-6-18-30-40/h1-34,49H. The van der Waals surface area contributed by atoms with E-state index < -0.39 is 0 Å². The van der Waals surface area contributed by atoms with Crippen molar-refractivity contribution in [3.05, 3.63) is 206 Å². The van der Waals surface area contributed by atoms with Crippen molar-refractivity contribution in [2.24, 2.45) is 0 Å². The van der Waals surface area contributed by atoms with Crippen LogP contribution in [0.25, 0.3) is 66.8 Å². The number of benzene rings is 8. The second kappa shape index (κ2) is 14.1. The van der Waals surface area contributed by atoms with E-state index in [1.165, 1.54) is 77.4 Å². The van der Waals surface area contributed by atoms with Crippen molar-refractivity contribution in [3.63, 3.8) is 0 Å². The molecule has 0 N–H and O–H groups in total. The molecule has 0 aliphatic rings. The summed E-state index contributed by atoms with van der Waals surface area (Å²) in [5.74, 6) is 0. The van der Waals surface area contributed by atoms with Crippen LogP contribution in [0.1, 0.15) is 0 Å². The first-order valence-corrected chi connectivity index (χ1v) is 17.8. The summed E-state index contributed by atoms with van der Waals surface area (Å²) >= 11 is 0. The van der Waals surface area contributed by atoms with Gasteiger partial charge < -0.3 is 0 Å². The summed E-state index contributed by atoms with van der Waals surface area (Å²) in [6, 6.07) is 74.8. The van der Waals surface area contributed by atoms with Crippen molar-refractivity contribution in [2.45, 2.75) is 0 Å². The van der Waals surface area contributed by atoms with Crippen molar-refractivity contribution >= 4 is 19.2 Å². The molecule has 0 aliphatic heterocycles. The third-order valence-corrected chi connectivity index (χ3v) is 10.7. The first-order chi connectivity index (χ1) is 24.3. The summed E-state index contributed by atoms with van der Waals surface area (Å²) in [6.45, 7) is 0. The number of hydrogen-bond donors (Lipinski definition) is 0. The average molecular weight is 643 g/mol. The van der Waals surface area contributed by atoms with Crippen LogP contribution >= 0.6 is 8.58 Å². The normalized spacial score (nSPS) is 10.9. The first kappa shape index (κ1) is 30.5. The van der Waals surface area contributed by atoms with E-state index in [2.05, 4.69) is 206 Å². The SMILES string of the molecule is c1ccc(-c2cc(-c3ccccc3)c(Pc3c(-c4ccccc4)cc(-c4ccccc4)cc3-c3ccccc3)c(-c3ccccc3)c2)cc1. The summed E-state index contributed by atoms with van der Waals surface area (Å²) in [7, 11) is 0.382. The van der Waals surface area contributed by atoms with Crippen LogP contribution < -0.4 is 10.6 Å². The maximum absolute atomic E-state index is 2.40. The minimum Gasteiger partial charge on any atom is -0.0622 e. The highest BCUT2D eigenvalue weighted by Crippen LogP contribution is 2.40. The van der Waals surface area contributed by atoms with Gasteiger partial charge in [-0.05, 0) is 102 Å². The first-order valence-electron chi connectivity index (χ1n) is 16.8. The van der Waals surface area contributed by atoms with Gasteiger partial charge in [-0.15, -0.1) is 0 Å². The van der Waals surface area contributed by atoms with Crippen molar-refractivity contribution in [1.29, 1.82) is 0 Å². The molecule has 0 heterocycles. The van der Waals surface area contributed by atoms with Gasteiger partial charge in [0.2, 0.25) is 0 Å². The molecule has 0 atom stereocenters. The molecule has 0 unspecified atom stereocenters. The Balaban J connectivity index is 1.45. The summed E-state index contributed by atoms with van der Waals surface area (Å²) in [4.78, 5) is 0. The smallest absolute Gasteiger partial charge is 0.00691 e. The van der Waals surface area contributed by atoms with E-state index in [9.17, 15) is 0 Å². The minimum absolute atomic E-state index is 0.382. The van der Waals surface area contributed by atoms with Crippen LogP contribution in [0, 0.1) is 0 Å². The quantitative estimate of drug-likeness (QED) is 0.145. The van der Waals surface area contributed by atoms with Gasteiger partial charge >= 0.3 is 0 Å². The monoisotopic (exact) mass is 642 g/mol. The molecule has 0 saturated carbocycles. The molecule has 0 fully saturated rings. The van der Waals surface area contributed by atoms with Gasteiger partial charge in [0.25, 0.3) is 0 Å². The molecule has 0 radical (unpaired) electrons. The van der Waals surface area contributed by atoms with Crippen molar-refractivity contribution in [3.8, 4) is 66.8 Å². The molecule has 8 rings (SSSR count). The summed E-state index contributed by atoms with van der Waals surface area (Å²) < 4.78 is 0. The summed E-state index contributed by atoms with van der Waals surface area (Å²) in [6.07, 6.45) is 0. The molecule has 0 spiro atoms. The van der Waals surface area contributed by atoms with Crippen LogP contribution in [0.2, 0.25) is 0 Å². The zero-order chi connectivity index (χ0) is 32.8. The van der Waals surface area contributed by atoms with E-state index in [1.54, 1.807) is 0 Å². The maximum Gasteiger partial charge on any atom is -0.00691 e. The van der Waals surface area contributed by atoms with Crippen molar-refractivity contribution in [2.75, 3.05) is 0 Å². The molecule has 1 heteroatoms. The van der Waals surface area contributed by atoms with E-state index in [0.717, 1.165) is 0 Å². The second-order valence-electron chi connectivity index (χ2n) is 12.2. The van der Waals surface area contributed by atoms with Gasteiger partial charge in [0, 0.05) is 0 Å². The van der Waals surface area contributed by atoms with Gasteiger partial charge in [0.05, 0.1) is 0 Å². The lowest BCUT2D eigenvalue weighted by Crippen LogP contribution is -2.15. The number of hydrogen-bond acceptors (Lipinski definition) is 0. The molecule has 0 nitrogen and oxygen atoms in total. The lowest BCUT2D eigenvalue weighted by atomic mass is 9.93. The lowest BCUT2D eigenvalue weighted by Gasteiger charge is -2.23. The molecule has 0 aliphatic carbocycles. The zero-order valence-corrected chi connectivity index (χ0v) is 28.1. The number of rotatable bonds is 8. The van der Waals surface area contributed by atoms with Crippen LogP contribution in [-0.2, 0) is 0 Å². The molecule has 0 amide bonds. The Hall–Kier alpha value is -5.81. The lowest BCUT2D eigenvalue weighted by molar-refractivity contribution is 1.58. The van der Waals surface area contributed by atoms with Crippen LogP contribution in [0.3, 0.4) is 0 Å². The molecule has 8 aromatic rings. The Bertz CT molecular complexity index is 2010. The molecule has 0 bridgehead atoms. The van der Waals surface area contributed by atoms with E-state index >= 15 is 0 Å². The van der Waals surface area contributed by atoms with E-state index in [-0.39, 0.29) is 0 Å². The van der Waals surface area contributed by atoms with Crippen LogP contribution in [0.4, 0.5) is 0 Å². The summed E-state index contributed by atoms with van der Waals surface area (Å²) in [5.41, 5.74) is 14.8.